The smallest absolute Gasteiger partial charge is 0.238 e. The van der Waals surface area contributed by atoms with E-state index in [9.17, 15) is 4.79 Å². The van der Waals surface area contributed by atoms with Crippen molar-refractivity contribution in [2.45, 2.75) is 12.8 Å². The molecule has 0 fully saturated rings. The number of carbonyl (C=O) groups excluding carboxylic acids is 1. The van der Waals surface area contributed by atoms with Crippen molar-refractivity contribution in [3.63, 3.8) is 0 Å². The van der Waals surface area contributed by atoms with Crippen LogP contribution in [0.5, 0.6) is 0 Å². The van der Waals surface area contributed by atoms with E-state index in [4.69, 9.17) is 23.8 Å². The molecule has 0 atom stereocenters. The van der Waals surface area contributed by atoms with Gasteiger partial charge in [0.05, 0.1) is 0 Å². The van der Waals surface area contributed by atoms with Gasteiger partial charge in [0.1, 0.15) is 0 Å². The predicted molar refractivity (Wildman–Crippen MR) is 93.7 cm³/mol. The highest BCUT2D eigenvalue weighted by molar-refractivity contribution is 7.80. The third kappa shape index (κ3) is 5.71. The molecule has 114 valence electrons. The summed E-state index contributed by atoms with van der Waals surface area (Å²) in [6.07, 6.45) is 1.08. The Morgan fingerprint density at radius 2 is 1.68 bits per heavy atom. The minimum Gasteiger partial charge on any atom is -0.331 e. The van der Waals surface area contributed by atoms with Gasteiger partial charge in [0, 0.05) is 17.1 Å². The molecule has 4 nitrogen and oxygen atoms in total. The summed E-state index contributed by atoms with van der Waals surface area (Å²) in [6, 6.07) is 17.0. The molecular weight excluding hydrogens is 318 g/mol. The van der Waals surface area contributed by atoms with Gasteiger partial charge in [-0.1, -0.05) is 41.9 Å². The molecule has 6 heteroatoms. The lowest BCUT2D eigenvalue weighted by Crippen LogP contribution is -2.43. The van der Waals surface area contributed by atoms with Gasteiger partial charge in [0.15, 0.2) is 5.11 Å². The van der Waals surface area contributed by atoms with Gasteiger partial charge in [0.2, 0.25) is 5.91 Å². The van der Waals surface area contributed by atoms with E-state index in [1.165, 1.54) is 0 Å². The van der Waals surface area contributed by atoms with Crippen LogP contribution >= 0.6 is 23.8 Å². The first kappa shape index (κ1) is 16.3. The molecule has 22 heavy (non-hydrogen) atoms. The lowest BCUT2D eigenvalue weighted by Gasteiger charge is -2.11. The molecular formula is C16H16ClN3OS. The molecule has 2 aromatic rings. The molecule has 3 N–H and O–H groups in total. The number of carbonyl (C=O) groups is 1. The van der Waals surface area contributed by atoms with Crippen LogP contribution in [0.2, 0.25) is 5.02 Å². The Labute approximate surface area is 139 Å². The molecule has 0 spiro atoms. The summed E-state index contributed by atoms with van der Waals surface area (Å²) in [5.41, 5.74) is 7.15. The molecule has 0 saturated carbocycles. The first-order valence-corrected chi connectivity index (χ1v) is 7.57. The molecule has 0 aliphatic rings. The lowest BCUT2D eigenvalue weighted by atomic mass is 10.1. The number of thiocarbonyl (C=S) groups is 1. The summed E-state index contributed by atoms with van der Waals surface area (Å²) in [7, 11) is 0. The zero-order valence-electron chi connectivity index (χ0n) is 11.8. The van der Waals surface area contributed by atoms with E-state index in [2.05, 4.69) is 16.2 Å². The van der Waals surface area contributed by atoms with Crippen LogP contribution in [-0.2, 0) is 11.2 Å². The minimum atomic E-state index is -0.121. The highest BCUT2D eigenvalue weighted by Gasteiger charge is 2.03. The largest absolute Gasteiger partial charge is 0.331 e. The second-order valence-corrected chi connectivity index (χ2v) is 5.46. The molecule has 0 unspecified atom stereocenters. The zero-order chi connectivity index (χ0) is 15.8. The molecule has 0 saturated heterocycles. The van der Waals surface area contributed by atoms with E-state index in [1.807, 2.05) is 30.3 Å². The third-order valence-corrected chi connectivity index (χ3v) is 3.36. The van der Waals surface area contributed by atoms with E-state index >= 15 is 0 Å². The summed E-state index contributed by atoms with van der Waals surface area (Å²) in [5, 5.41) is 3.91. The molecule has 0 aliphatic heterocycles. The monoisotopic (exact) mass is 333 g/mol. The maximum atomic E-state index is 11.7. The SMILES string of the molecule is O=C(CCc1ccccc1)NNC(=S)Nc1ccc(Cl)cc1. The van der Waals surface area contributed by atoms with Crippen molar-refractivity contribution in [3.8, 4) is 0 Å². The van der Waals surface area contributed by atoms with Crippen LogP contribution in [-0.4, -0.2) is 11.0 Å². The minimum absolute atomic E-state index is 0.121. The van der Waals surface area contributed by atoms with Crippen molar-refractivity contribution < 1.29 is 4.79 Å². The van der Waals surface area contributed by atoms with E-state index in [1.54, 1.807) is 24.3 Å². The highest BCUT2D eigenvalue weighted by atomic mass is 35.5. The fourth-order valence-corrected chi connectivity index (χ4v) is 2.08. The van der Waals surface area contributed by atoms with Crippen molar-refractivity contribution >= 4 is 40.5 Å². The van der Waals surface area contributed by atoms with Crippen molar-refractivity contribution in [3.05, 3.63) is 65.2 Å². The maximum absolute atomic E-state index is 11.7. The summed E-state index contributed by atoms with van der Waals surface area (Å²) < 4.78 is 0. The Kier molecular flexibility index (Phi) is 6.18. The van der Waals surface area contributed by atoms with Crippen molar-refractivity contribution in [1.82, 2.24) is 10.9 Å². The third-order valence-electron chi connectivity index (χ3n) is 2.90. The fraction of sp³-hybridized carbons (Fsp3) is 0.125. The lowest BCUT2D eigenvalue weighted by molar-refractivity contribution is -0.121. The number of anilines is 1. The standard InChI is InChI=1S/C16H16ClN3OS/c17-13-7-9-14(10-8-13)18-16(22)20-19-15(21)11-6-12-4-2-1-3-5-12/h1-5,7-10H,6,11H2,(H,19,21)(H2,18,20,22). The number of amides is 1. The molecule has 0 aromatic heterocycles. The molecule has 0 heterocycles. The molecule has 2 rings (SSSR count). The molecule has 1 amide bonds. The number of nitrogens with one attached hydrogen (secondary N) is 3. The molecule has 2 aromatic carbocycles. The first-order valence-electron chi connectivity index (χ1n) is 6.79. The number of hydrogen-bond acceptors (Lipinski definition) is 2. The fourth-order valence-electron chi connectivity index (χ4n) is 1.79. The normalized spacial score (nSPS) is 9.86. The van der Waals surface area contributed by atoms with E-state index < -0.39 is 0 Å². The summed E-state index contributed by atoms with van der Waals surface area (Å²) >= 11 is 10.9. The van der Waals surface area contributed by atoms with Gasteiger partial charge >= 0.3 is 0 Å². The van der Waals surface area contributed by atoms with Gasteiger partial charge in [-0.05, 0) is 48.5 Å². The zero-order valence-corrected chi connectivity index (χ0v) is 13.4. The number of benzene rings is 2. The van der Waals surface area contributed by atoms with Gasteiger partial charge in [-0.2, -0.15) is 0 Å². The Bertz CT molecular complexity index is 632. The average Bonchev–Trinajstić information content (AvgIpc) is 2.54. The maximum Gasteiger partial charge on any atom is 0.238 e. The summed E-state index contributed by atoms with van der Waals surface area (Å²) in [6.45, 7) is 0. The Morgan fingerprint density at radius 1 is 1.00 bits per heavy atom. The van der Waals surface area contributed by atoms with Crippen LogP contribution in [0.15, 0.2) is 54.6 Å². The Morgan fingerprint density at radius 3 is 2.36 bits per heavy atom. The van der Waals surface area contributed by atoms with Crippen molar-refractivity contribution in [2.75, 3.05) is 5.32 Å². The first-order chi connectivity index (χ1) is 10.6. The second-order valence-electron chi connectivity index (χ2n) is 4.62. The van der Waals surface area contributed by atoms with Crippen molar-refractivity contribution in [1.29, 1.82) is 0 Å². The van der Waals surface area contributed by atoms with Crippen molar-refractivity contribution in [2.24, 2.45) is 0 Å². The van der Waals surface area contributed by atoms with Gasteiger partial charge in [-0.25, -0.2) is 0 Å². The van der Waals surface area contributed by atoms with Crippen LogP contribution in [0.25, 0.3) is 0 Å². The number of hydrazine groups is 1. The average molecular weight is 334 g/mol. The van der Waals surface area contributed by atoms with Crippen LogP contribution in [0.1, 0.15) is 12.0 Å². The van der Waals surface area contributed by atoms with Crippen LogP contribution in [0.3, 0.4) is 0 Å². The van der Waals surface area contributed by atoms with E-state index in [0.717, 1.165) is 11.3 Å². The van der Waals surface area contributed by atoms with E-state index in [0.29, 0.717) is 23.0 Å². The Balaban J connectivity index is 1.69. The number of aryl methyl sites for hydroxylation is 1. The van der Waals surface area contributed by atoms with Crippen LogP contribution in [0.4, 0.5) is 5.69 Å². The van der Waals surface area contributed by atoms with Crippen LogP contribution < -0.4 is 16.2 Å². The van der Waals surface area contributed by atoms with Gasteiger partial charge in [-0.3, -0.25) is 15.6 Å². The number of hydrogen-bond donors (Lipinski definition) is 3. The van der Waals surface area contributed by atoms with Gasteiger partial charge < -0.3 is 5.32 Å². The summed E-state index contributed by atoms with van der Waals surface area (Å²) in [5.74, 6) is -0.121. The second kappa shape index (κ2) is 8.36. The number of halogens is 1. The molecule has 0 aliphatic carbocycles. The van der Waals surface area contributed by atoms with Gasteiger partial charge in [-0.15, -0.1) is 0 Å². The quantitative estimate of drug-likeness (QED) is 0.593. The predicted octanol–water partition coefficient (Wildman–Crippen LogP) is 3.29. The van der Waals surface area contributed by atoms with Crippen LogP contribution in [0, 0.1) is 0 Å². The number of rotatable bonds is 4. The van der Waals surface area contributed by atoms with Gasteiger partial charge in [0.25, 0.3) is 0 Å². The topological polar surface area (TPSA) is 53.2 Å². The Hall–Kier alpha value is -2.11. The molecule has 0 bridgehead atoms. The molecule has 0 radical (unpaired) electrons. The highest BCUT2D eigenvalue weighted by Crippen LogP contribution is 2.12. The van der Waals surface area contributed by atoms with E-state index in [-0.39, 0.29) is 5.91 Å². The summed E-state index contributed by atoms with van der Waals surface area (Å²) in [4.78, 5) is 11.7.